The van der Waals surface area contributed by atoms with Crippen LogP contribution in [0.15, 0.2) is 22.9 Å². The zero-order valence-corrected chi connectivity index (χ0v) is 8.95. The van der Waals surface area contributed by atoms with Crippen LogP contribution in [0, 0.1) is 12.7 Å². The zero-order chi connectivity index (χ0) is 11.7. The van der Waals surface area contributed by atoms with Crippen LogP contribution >= 0.6 is 0 Å². The summed E-state index contributed by atoms with van der Waals surface area (Å²) in [5.41, 5.74) is 7.06. The first-order valence-corrected chi connectivity index (χ1v) is 4.68. The number of benzene rings is 1. The number of anilines is 1. The lowest BCUT2D eigenvalue weighted by atomic mass is 10.0. The van der Waals surface area contributed by atoms with Crippen molar-refractivity contribution in [2.75, 3.05) is 12.8 Å². The predicted molar refractivity (Wildman–Crippen MR) is 57.6 cm³/mol. The Morgan fingerprint density at radius 2 is 2.19 bits per heavy atom. The molecule has 0 fully saturated rings. The van der Waals surface area contributed by atoms with E-state index in [-0.39, 0.29) is 11.4 Å². The summed E-state index contributed by atoms with van der Waals surface area (Å²) in [6.07, 6.45) is 1.37. The standard InChI is InChI=1S/C11H11FN2O2/c1-6-3-4-8(12)9(10(6)15-2)7-5-14-16-11(7)13/h3-5H,13H2,1-2H3. The second kappa shape index (κ2) is 3.84. The van der Waals surface area contributed by atoms with Gasteiger partial charge in [0.15, 0.2) is 0 Å². The number of halogens is 1. The summed E-state index contributed by atoms with van der Waals surface area (Å²) in [4.78, 5) is 0. The van der Waals surface area contributed by atoms with Crippen LogP contribution in [-0.4, -0.2) is 12.3 Å². The van der Waals surface area contributed by atoms with E-state index in [0.29, 0.717) is 11.3 Å². The highest BCUT2D eigenvalue weighted by Gasteiger charge is 2.18. The summed E-state index contributed by atoms with van der Waals surface area (Å²) in [5, 5.41) is 3.52. The summed E-state index contributed by atoms with van der Waals surface area (Å²) in [6, 6.07) is 3.00. The third kappa shape index (κ3) is 1.50. The molecule has 0 bridgehead atoms. The van der Waals surface area contributed by atoms with Gasteiger partial charge in [0, 0.05) is 0 Å². The van der Waals surface area contributed by atoms with Crippen LogP contribution in [0.4, 0.5) is 10.3 Å². The summed E-state index contributed by atoms with van der Waals surface area (Å²) in [5.74, 6) is 0.0926. The molecule has 2 aromatic rings. The van der Waals surface area contributed by atoms with E-state index in [4.69, 9.17) is 15.0 Å². The molecule has 1 aromatic carbocycles. The van der Waals surface area contributed by atoms with Crippen LogP contribution in [0.2, 0.25) is 0 Å². The van der Waals surface area contributed by atoms with Crippen molar-refractivity contribution in [1.29, 1.82) is 0 Å². The predicted octanol–water partition coefficient (Wildman–Crippen LogP) is 2.38. The van der Waals surface area contributed by atoms with E-state index in [0.717, 1.165) is 5.56 Å². The van der Waals surface area contributed by atoms with E-state index < -0.39 is 5.82 Å². The minimum atomic E-state index is -0.419. The fraction of sp³-hybridized carbons (Fsp3) is 0.182. The lowest BCUT2D eigenvalue weighted by molar-refractivity contribution is 0.410. The third-order valence-electron chi connectivity index (χ3n) is 2.38. The fourth-order valence-electron chi connectivity index (χ4n) is 1.61. The minimum Gasteiger partial charge on any atom is -0.496 e. The van der Waals surface area contributed by atoms with Gasteiger partial charge in [-0.1, -0.05) is 11.2 Å². The van der Waals surface area contributed by atoms with Gasteiger partial charge in [-0.05, 0) is 18.6 Å². The maximum atomic E-state index is 13.8. The normalized spacial score (nSPS) is 10.4. The lowest BCUT2D eigenvalue weighted by Gasteiger charge is -2.10. The van der Waals surface area contributed by atoms with Crippen LogP contribution in [0.1, 0.15) is 5.56 Å². The molecular formula is C11H11FN2O2. The van der Waals surface area contributed by atoms with Crippen molar-refractivity contribution >= 4 is 5.88 Å². The van der Waals surface area contributed by atoms with Crippen molar-refractivity contribution in [2.24, 2.45) is 0 Å². The van der Waals surface area contributed by atoms with E-state index in [1.807, 2.05) is 6.92 Å². The monoisotopic (exact) mass is 222 g/mol. The number of rotatable bonds is 2. The number of hydrogen-bond donors (Lipinski definition) is 1. The lowest BCUT2D eigenvalue weighted by Crippen LogP contribution is -1.96. The highest BCUT2D eigenvalue weighted by molar-refractivity contribution is 5.78. The Bertz CT molecular complexity index is 523. The molecule has 0 atom stereocenters. The van der Waals surface area contributed by atoms with Crippen molar-refractivity contribution in [3.05, 3.63) is 29.7 Å². The number of aromatic nitrogens is 1. The summed E-state index contributed by atoms with van der Waals surface area (Å²) < 4.78 is 23.6. The average molecular weight is 222 g/mol. The SMILES string of the molecule is COc1c(C)ccc(F)c1-c1cnoc1N. The molecule has 5 heteroatoms. The van der Waals surface area contributed by atoms with Gasteiger partial charge in [0.2, 0.25) is 5.88 Å². The molecule has 2 rings (SSSR count). The maximum Gasteiger partial charge on any atom is 0.230 e. The first-order chi connectivity index (χ1) is 7.65. The van der Waals surface area contributed by atoms with Crippen LogP contribution < -0.4 is 10.5 Å². The first kappa shape index (κ1) is 10.5. The second-order valence-corrected chi connectivity index (χ2v) is 3.38. The molecule has 0 saturated heterocycles. The van der Waals surface area contributed by atoms with E-state index in [9.17, 15) is 4.39 Å². The second-order valence-electron chi connectivity index (χ2n) is 3.38. The summed E-state index contributed by atoms with van der Waals surface area (Å²) >= 11 is 0. The van der Waals surface area contributed by atoms with Crippen molar-refractivity contribution in [3.8, 4) is 16.9 Å². The van der Waals surface area contributed by atoms with Gasteiger partial charge in [0.25, 0.3) is 0 Å². The minimum absolute atomic E-state index is 0.0720. The Kier molecular flexibility index (Phi) is 2.52. The smallest absolute Gasteiger partial charge is 0.230 e. The molecular weight excluding hydrogens is 211 g/mol. The highest BCUT2D eigenvalue weighted by atomic mass is 19.1. The van der Waals surface area contributed by atoms with Crippen molar-refractivity contribution in [1.82, 2.24) is 5.16 Å². The number of aryl methyl sites for hydroxylation is 1. The average Bonchev–Trinajstić information content (AvgIpc) is 2.67. The van der Waals surface area contributed by atoms with Gasteiger partial charge in [0.1, 0.15) is 11.6 Å². The molecule has 0 radical (unpaired) electrons. The molecule has 2 N–H and O–H groups in total. The molecule has 0 aliphatic carbocycles. The van der Waals surface area contributed by atoms with Crippen LogP contribution in [0.25, 0.3) is 11.1 Å². The Hall–Kier alpha value is -2.04. The van der Waals surface area contributed by atoms with Crippen molar-refractivity contribution < 1.29 is 13.7 Å². The molecule has 1 aromatic heterocycles. The van der Waals surface area contributed by atoms with E-state index >= 15 is 0 Å². The van der Waals surface area contributed by atoms with Gasteiger partial charge in [-0.3, -0.25) is 0 Å². The van der Waals surface area contributed by atoms with Crippen molar-refractivity contribution in [3.63, 3.8) is 0 Å². The van der Waals surface area contributed by atoms with Crippen LogP contribution in [-0.2, 0) is 0 Å². The van der Waals surface area contributed by atoms with Crippen LogP contribution in [0.3, 0.4) is 0 Å². The number of methoxy groups -OCH3 is 1. The number of nitrogens with zero attached hydrogens (tertiary/aromatic N) is 1. The molecule has 1 heterocycles. The van der Waals surface area contributed by atoms with Gasteiger partial charge < -0.3 is 15.0 Å². The van der Waals surface area contributed by atoms with Crippen LogP contribution in [0.5, 0.6) is 5.75 Å². The molecule has 0 aliphatic heterocycles. The number of hydrogen-bond acceptors (Lipinski definition) is 4. The topological polar surface area (TPSA) is 61.3 Å². The molecule has 4 nitrogen and oxygen atoms in total. The molecule has 16 heavy (non-hydrogen) atoms. The fourth-order valence-corrected chi connectivity index (χ4v) is 1.61. The maximum absolute atomic E-state index is 13.8. The third-order valence-corrected chi connectivity index (χ3v) is 2.38. The van der Waals surface area contributed by atoms with E-state index in [1.54, 1.807) is 6.07 Å². The molecule has 0 amide bonds. The molecule has 0 unspecified atom stereocenters. The number of nitrogen functional groups attached to an aromatic ring is 1. The van der Waals surface area contributed by atoms with E-state index in [2.05, 4.69) is 5.16 Å². The Morgan fingerprint density at radius 1 is 1.44 bits per heavy atom. The Labute approximate surface area is 91.8 Å². The molecule has 0 spiro atoms. The van der Waals surface area contributed by atoms with Gasteiger partial charge in [0.05, 0.1) is 24.4 Å². The van der Waals surface area contributed by atoms with Gasteiger partial charge in [-0.2, -0.15) is 0 Å². The highest BCUT2D eigenvalue weighted by Crippen LogP contribution is 2.37. The Balaban J connectivity index is 2.73. The molecule has 0 aliphatic rings. The molecule has 84 valence electrons. The van der Waals surface area contributed by atoms with E-state index in [1.165, 1.54) is 19.4 Å². The van der Waals surface area contributed by atoms with Gasteiger partial charge in [-0.25, -0.2) is 4.39 Å². The van der Waals surface area contributed by atoms with Crippen molar-refractivity contribution in [2.45, 2.75) is 6.92 Å². The van der Waals surface area contributed by atoms with Gasteiger partial charge >= 0.3 is 0 Å². The summed E-state index contributed by atoms with van der Waals surface area (Å²) in [7, 11) is 1.48. The largest absolute Gasteiger partial charge is 0.496 e. The number of nitrogens with two attached hydrogens (primary N) is 1. The summed E-state index contributed by atoms with van der Waals surface area (Å²) in [6.45, 7) is 1.82. The van der Waals surface area contributed by atoms with Gasteiger partial charge in [-0.15, -0.1) is 0 Å². The molecule has 0 saturated carbocycles. The Morgan fingerprint density at radius 3 is 2.75 bits per heavy atom. The number of ether oxygens (including phenoxy) is 1. The first-order valence-electron chi connectivity index (χ1n) is 4.68. The zero-order valence-electron chi connectivity index (χ0n) is 8.95. The quantitative estimate of drug-likeness (QED) is 0.847.